The van der Waals surface area contributed by atoms with E-state index in [0.29, 0.717) is 0 Å². The van der Waals surface area contributed by atoms with Gasteiger partial charge in [-0.3, -0.25) is 4.79 Å². The second-order valence-corrected chi connectivity index (χ2v) is 2.54. The van der Waals surface area contributed by atoms with Crippen LogP contribution in [0.2, 0.25) is 0 Å². The monoisotopic (exact) mass is 155 g/mol. The van der Waals surface area contributed by atoms with Gasteiger partial charge >= 0.3 is 5.97 Å². The molecule has 0 heterocycles. The van der Waals surface area contributed by atoms with Crippen molar-refractivity contribution in [2.75, 3.05) is 6.61 Å². The molecule has 0 bridgehead atoms. The van der Waals surface area contributed by atoms with Crippen molar-refractivity contribution in [2.45, 2.75) is 25.4 Å². The summed E-state index contributed by atoms with van der Waals surface area (Å²) in [5.41, 5.74) is -1.28. The van der Waals surface area contributed by atoms with E-state index in [0.717, 1.165) is 0 Å². The normalized spacial score (nSPS) is 14.8. The molecule has 0 aromatic carbocycles. The molecule has 0 rings (SSSR count). The van der Waals surface area contributed by atoms with Gasteiger partial charge in [-0.15, -0.1) is 0 Å². The zero-order valence-electron chi connectivity index (χ0n) is 6.87. The minimum atomic E-state index is -1.28. The standard InChI is InChI=1S/C6H12O4.Li/c1-6(10,2-3-7)4-5(8)9;/h7,10H,2-4H2,1H3,(H,8,9);. The third kappa shape index (κ3) is 7.89. The molecular formula is C6H12LiO4. The quantitative estimate of drug-likeness (QED) is 0.465. The Kier molecular flexibility index (Phi) is 6.92. The fraction of sp³-hybridized carbons (Fsp3) is 0.833. The Bertz CT molecular complexity index is 124. The molecule has 1 radical (unpaired) electrons. The molecule has 61 valence electrons. The summed E-state index contributed by atoms with van der Waals surface area (Å²) in [4.78, 5) is 10.0. The van der Waals surface area contributed by atoms with E-state index in [1.54, 1.807) is 0 Å². The first-order valence-corrected chi connectivity index (χ1v) is 3.03. The van der Waals surface area contributed by atoms with Gasteiger partial charge in [-0.25, -0.2) is 0 Å². The predicted molar refractivity (Wildman–Crippen MR) is 40.3 cm³/mol. The molecular weight excluding hydrogens is 143 g/mol. The Labute approximate surface area is 77.4 Å². The molecule has 1 atom stereocenters. The summed E-state index contributed by atoms with van der Waals surface area (Å²) < 4.78 is 0. The van der Waals surface area contributed by atoms with E-state index in [2.05, 4.69) is 0 Å². The molecule has 0 aliphatic carbocycles. The molecule has 0 fully saturated rings. The molecule has 1 unspecified atom stereocenters. The van der Waals surface area contributed by atoms with Crippen molar-refractivity contribution in [1.29, 1.82) is 0 Å². The molecule has 3 N–H and O–H groups in total. The van der Waals surface area contributed by atoms with Gasteiger partial charge in [-0.2, -0.15) is 0 Å². The number of carboxylic acid groups (broad SMARTS) is 1. The third-order valence-electron chi connectivity index (χ3n) is 1.18. The van der Waals surface area contributed by atoms with Crippen molar-refractivity contribution >= 4 is 24.8 Å². The summed E-state index contributed by atoms with van der Waals surface area (Å²) in [6, 6.07) is 0. The molecule has 0 saturated carbocycles. The molecule has 0 spiro atoms. The van der Waals surface area contributed by atoms with Gasteiger partial charge in [0.25, 0.3) is 0 Å². The molecule has 4 nitrogen and oxygen atoms in total. The SMILES string of the molecule is CC(O)(CCO)CC(=O)O.[Li]. The van der Waals surface area contributed by atoms with E-state index >= 15 is 0 Å². The van der Waals surface area contributed by atoms with E-state index in [4.69, 9.17) is 15.3 Å². The van der Waals surface area contributed by atoms with Crippen molar-refractivity contribution < 1.29 is 20.1 Å². The van der Waals surface area contributed by atoms with E-state index in [1.807, 2.05) is 0 Å². The number of aliphatic carboxylic acids is 1. The first-order chi connectivity index (χ1) is 4.48. The van der Waals surface area contributed by atoms with Gasteiger partial charge in [-0.1, -0.05) is 0 Å². The van der Waals surface area contributed by atoms with E-state index in [9.17, 15) is 4.79 Å². The van der Waals surface area contributed by atoms with E-state index < -0.39 is 11.6 Å². The largest absolute Gasteiger partial charge is 0.481 e. The zero-order valence-corrected chi connectivity index (χ0v) is 6.87. The van der Waals surface area contributed by atoms with E-state index in [-0.39, 0.29) is 38.3 Å². The number of hydrogen-bond donors (Lipinski definition) is 3. The molecule has 0 aliphatic heterocycles. The Morgan fingerprint density at radius 1 is 1.55 bits per heavy atom. The number of carboxylic acids is 1. The van der Waals surface area contributed by atoms with Crippen LogP contribution in [0.4, 0.5) is 0 Å². The average molecular weight is 155 g/mol. The molecule has 5 heteroatoms. The number of rotatable bonds is 4. The maximum absolute atomic E-state index is 10.0. The summed E-state index contributed by atoms with van der Waals surface area (Å²) in [5, 5.41) is 25.7. The third-order valence-corrected chi connectivity index (χ3v) is 1.18. The van der Waals surface area contributed by atoms with Crippen LogP contribution in [0.5, 0.6) is 0 Å². The van der Waals surface area contributed by atoms with Gasteiger partial charge in [0.1, 0.15) is 0 Å². The number of aliphatic hydroxyl groups is 2. The second kappa shape index (κ2) is 5.61. The fourth-order valence-electron chi connectivity index (χ4n) is 0.655. The van der Waals surface area contributed by atoms with Gasteiger partial charge in [-0.05, 0) is 13.3 Å². The van der Waals surface area contributed by atoms with Crippen molar-refractivity contribution in [1.82, 2.24) is 0 Å². The average Bonchev–Trinajstić information content (AvgIpc) is 1.59. The van der Waals surface area contributed by atoms with Crippen LogP contribution in [0, 0.1) is 0 Å². The number of aliphatic hydroxyl groups excluding tert-OH is 1. The molecule has 0 saturated heterocycles. The first-order valence-electron chi connectivity index (χ1n) is 3.03. The summed E-state index contributed by atoms with van der Waals surface area (Å²) in [6.07, 6.45) is -0.229. The Morgan fingerprint density at radius 3 is 2.27 bits per heavy atom. The molecule has 0 amide bonds. The van der Waals surface area contributed by atoms with Crippen LogP contribution in [-0.2, 0) is 4.79 Å². The minimum Gasteiger partial charge on any atom is -0.481 e. The van der Waals surface area contributed by atoms with Gasteiger partial charge in [0.15, 0.2) is 0 Å². The molecule has 0 aromatic rings. The second-order valence-electron chi connectivity index (χ2n) is 2.54. The Morgan fingerprint density at radius 2 is 2.00 bits per heavy atom. The van der Waals surface area contributed by atoms with E-state index in [1.165, 1.54) is 6.92 Å². The van der Waals surface area contributed by atoms with Gasteiger partial charge < -0.3 is 15.3 Å². The van der Waals surface area contributed by atoms with Crippen LogP contribution in [0.25, 0.3) is 0 Å². The number of hydrogen-bond acceptors (Lipinski definition) is 3. The smallest absolute Gasteiger partial charge is 0.306 e. The van der Waals surface area contributed by atoms with Crippen LogP contribution < -0.4 is 0 Å². The van der Waals surface area contributed by atoms with Crippen molar-refractivity contribution in [2.24, 2.45) is 0 Å². The summed E-state index contributed by atoms with van der Waals surface area (Å²) in [5.74, 6) is -1.06. The summed E-state index contributed by atoms with van der Waals surface area (Å²) >= 11 is 0. The van der Waals surface area contributed by atoms with Crippen molar-refractivity contribution in [3.63, 3.8) is 0 Å². The fourth-order valence-corrected chi connectivity index (χ4v) is 0.655. The topological polar surface area (TPSA) is 77.8 Å². The predicted octanol–water partition coefficient (Wildman–Crippen LogP) is -0.786. The minimum absolute atomic E-state index is 0. The van der Waals surface area contributed by atoms with Crippen LogP contribution in [0.15, 0.2) is 0 Å². The number of carbonyl (C=O) groups is 1. The Hall–Kier alpha value is -0.0126. The van der Waals surface area contributed by atoms with Crippen molar-refractivity contribution in [3.8, 4) is 0 Å². The molecule has 0 aromatic heterocycles. The van der Waals surface area contributed by atoms with Crippen LogP contribution in [0.1, 0.15) is 19.8 Å². The Balaban J connectivity index is 0. The van der Waals surface area contributed by atoms with Crippen LogP contribution in [0.3, 0.4) is 0 Å². The molecule has 0 aliphatic rings. The zero-order chi connectivity index (χ0) is 8.20. The maximum atomic E-state index is 10.0. The van der Waals surface area contributed by atoms with Gasteiger partial charge in [0.05, 0.1) is 12.0 Å². The van der Waals surface area contributed by atoms with Crippen LogP contribution >= 0.6 is 0 Å². The molecule has 11 heavy (non-hydrogen) atoms. The van der Waals surface area contributed by atoms with Crippen molar-refractivity contribution in [3.05, 3.63) is 0 Å². The maximum Gasteiger partial charge on any atom is 0.306 e. The van der Waals surface area contributed by atoms with Gasteiger partial charge in [0, 0.05) is 25.5 Å². The first kappa shape index (κ1) is 13.6. The van der Waals surface area contributed by atoms with Crippen LogP contribution in [-0.4, -0.2) is 52.4 Å². The van der Waals surface area contributed by atoms with Gasteiger partial charge in [0.2, 0.25) is 0 Å². The summed E-state index contributed by atoms with van der Waals surface area (Å²) in [6.45, 7) is 1.19. The summed E-state index contributed by atoms with van der Waals surface area (Å²) in [7, 11) is 0.